The number of ether oxygens (including phenoxy) is 1. The summed E-state index contributed by atoms with van der Waals surface area (Å²) in [4.78, 5) is 38.6. The van der Waals surface area contributed by atoms with Gasteiger partial charge in [-0.3, -0.25) is 14.4 Å². The molecule has 0 aliphatic rings. The van der Waals surface area contributed by atoms with Crippen LogP contribution in [0.4, 0.5) is 0 Å². The van der Waals surface area contributed by atoms with Crippen molar-refractivity contribution in [2.45, 2.75) is 0 Å². The molecule has 36 heavy (non-hydrogen) atoms. The number of para-hydroxylation sites is 1. The Labute approximate surface area is 216 Å². The highest BCUT2D eigenvalue weighted by atomic mass is 35.5. The molecule has 0 radical (unpaired) electrons. The molecular weight excluding hydrogens is 496 g/mol. The molecule has 6 nitrogen and oxygen atoms in total. The van der Waals surface area contributed by atoms with E-state index in [1.165, 1.54) is 11.3 Å². The van der Waals surface area contributed by atoms with Gasteiger partial charge in [0.05, 0.1) is 16.3 Å². The van der Waals surface area contributed by atoms with Gasteiger partial charge in [0.1, 0.15) is 11.4 Å². The third-order valence-corrected chi connectivity index (χ3v) is 7.61. The van der Waals surface area contributed by atoms with E-state index in [1.54, 1.807) is 0 Å². The lowest BCUT2D eigenvalue weighted by atomic mass is 10.0. The van der Waals surface area contributed by atoms with Crippen molar-refractivity contribution in [2.24, 2.45) is 7.05 Å². The van der Waals surface area contributed by atoms with Crippen molar-refractivity contribution in [3.05, 3.63) is 94.3 Å². The molecule has 2 heterocycles. The van der Waals surface area contributed by atoms with Gasteiger partial charge in [0.2, 0.25) is 5.78 Å². The largest absolute Gasteiger partial charge is 0.456 e. The van der Waals surface area contributed by atoms with E-state index in [4.69, 9.17) is 16.3 Å². The fourth-order valence-corrected chi connectivity index (χ4v) is 5.70. The van der Waals surface area contributed by atoms with Gasteiger partial charge in [0.25, 0.3) is 5.91 Å². The normalized spacial score (nSPS) is 11.1. The summed E-state index contributed by atoms with van der Waals surface area (Å²) in [6.07, 6.45) is 0. The highest BCUT2D eigenvalue weighted by Crippen LogP contribution is 2.35. The van der Waals surface area contributed by atoms with Crippen LogP contribution < -0.4 is 5.32 Å². The lowest BCUT2D eigenvalue weighted by Gasteiger charge is -2.09. The molecule has 3 aromatic carbocycles. The zero-order valence-corrected chi connectivity index (χ0v) is 20.9. The van der Waals surface area contributed by atoms with Crippen LogP contribution in [0.5, 0.6) is 0 Å². The number of benzene rings is 3. The van der Waals surface area contributed by atoms with Crippen LogP contribution >= 0.6 is 22.9 Å². The molecule has 5 rings (SSSR count). The molecule has 0 spiro atoms. The van der Waals surface area contributed by atoms with Gasteiger partial charge in [-0.05, 0) is 17.7 Å². The molecule has 1 amide bonds. The fraction of sp³-hybridized carbons (Fsp3) is 0.107. The van der Waals surface area contributed by atoms with Gasteiger partial charge < -0.3 is 14.6 Å². The second-order valence-electron chi connectivity index (χ2n) is 8.17. The van der Waals surface area contributed by atoms with Crippen molar-refractivity contribution >= 4 is 61.6 Å². The molecule has 0 atom stereocenters. The summed E-state index contributed by atoms with van der Waals surface area (Å²) in [7, 11) is 1.90. The molecule has 0 aliphatic carbocycles. The van der Waals surface area contributed by atoms with Crippen molar-refractivity contribution in [3.63, 3.8) is 0 Å². The fourth-order valence-electron chi connectivity index (χ4n) is 4.27. The number of rotatable bonds is 7. The quantitative estimate of drug-likeness (QED) is 0.217. The number of Topliss-reactive ketones (excluding diaryl/α,β-unsaturated/α-hetero) is 1. The second kappa shape index (κ2) is 9.97. The molecule has 8 heteroatoms. The Bertz CT molecular complexity index is 1620. The maximum atomic E-state index is 13.3. The zero-order chi connectivity index (χ0) is 25.2. The molecular formula is C28H21ClN2O4S. The number of hydrogen-bond acceptors (Lipinski definition) is 5. The average Bonchev–Trinajstić information content (AvgIpc) is 3.41. The highest BCUT2D eigenvalue weighted by molar-refractivity contribution is 7.21. The Kier molecular flexibility index (Phi) is 6.59. The third kappa shape index (κ3) is 4.39. The number of amides is 1. The van der Waals surface area contributed by atoms with Gasteiger partial charge >= 0.3 is 5.97 Å². The molecule has 0 aliphatic heterocycles. The van der Waals surface area contributed by atoms with Gasteiger partial charge in [-0.2, -0.15) is 0 Å². The first-order chi connectivity index (χ1) is 17.5. The Morgan fingerprint density at radius 2 is 1.58 bits per heavy atom. The molecule has 2 aromatic heterocycles. The van der Waals surface area contributed by atoms with E-state index in [0.717, 1.165) is 32.2 Å². The number of aromatic nitrogens is 1. The highest BCUT2D eigenvalue weighted by Gasteiger charge is 2.23. The number of fused-ring (bicyclic) bond motifs is 2. The summed E-state index contributed by atoms with van der Waals surface area (Å²) < 4.78 is 8.09. The van der Waals surface area contributed by atoms with E-state index in [2.05, 4.69) is 5.32 Å². The first-order valence-corrected chi connectivity index (χ1v) is 12.4. The van der Waals surface area contributed by atoms with Crippen molar-refractivity contribution in [1.29, 1.82) is 0 Å². The molecule has 180 valence electrons. The predicted octanol–water partition coefficient (Wildman–Crippen LogP) is 5.87. The molecule has 0 unspecified atom stereocenters. The molecule has 0 saturated carbocycles. The zero-order valence-electron chi connectivity index (χ0n) is 19.3. The number of hydrogen-bond donors (Lipinski definition) is 1. The van der Waals surface area contributed by atoms with Gasteiger partial charge in [-0.15, -0.1) is 11.3 Å². The van der Waals surface area contributed by atoms with Gasteiger partial charge in [-0.1, -0.05) is 78.3 Å². The van der Waals surface area contributed by atoms with Gasteiger partial charge in [0.15, 0.2) is 6.61 Å². The minimum absolute atomic E-state index is 0.321. The predicted molar refractivity (Wildman–Crippen MR) is 143 cm³/mol. The van der Waals surface area contributed by atoms with Gasteiger partial charge in [-0.25, -0.2) is 0 Å². The molecule has 1 N–H and O–H groups in total. The van der Waals surface area contributed by atoms with Gasteiger partial charge in [0, 0.05) is 28.0 Å². The number of carbonyl (C=O) groups is 3. The second-order valence-corrected chi connectivity index (χ2v) is 9.60. The van der Waals surface area contributed by atoms with Crippen molar-refractivity contribution in [1.82, 2.24) is 9.88 Å². The average molecular weight is 517 g/mol. The maximum absolute atomic E-state index is 13.3. The summed E-state index contributed by atoms with van der Waals surface area (Å²) in [6.45, 7) is -0.816. The van der Waals surface area contributed by atoms with Crippen LogP contribution in [0.2, 0.25) is 5.02 Å². The summed E-state index contributed by atoms with van der Waals surface area (Å²) in [5.41, 5.74) is 3.04. The Morgan fingerprint density at radius 3 is 2.33 bits per heavy atom. The van der Waals surface area contributed by atoms with Crippen LogP contribution in [0.25, 0.3) is 32.2 Å². The van der Waals surface area contributed by atoms with Crippen molar-refractivity contribution < 1.29 is 19.1 Å². The topological polar surface area (TPSA) is 77.4 Å². The number of thiophene rings is 1. The summed E-state index contributed by atoms with van der Waals surface area (Å²) in [5, 5.41) is 4.45. The van der Waals surface area contributed by atoms with E-state index < -0.39 is 18.5 Å². The lowest BCUT2D eigenvalue weighted by molar-refractivity contribution is -0.141. The third-order valence-electron chi connectivity index (χ3n) is 5.93. The Morgan fingerprint density at radius 1 is 0.917 bits per heavy atom. The van der Waals surface area contributed by atoms with E-state index in [9.17, 15) is 14.4 Å². The molecule has 0 saturated heterocycles. The smallest absolute Gasteiger partial charge is 0.325 e. The van der Waals surface area contributed by atoms with Crippen LogP contribution in [0, 0.1) is 0 Å². The number of carbonyl (C=O) groups excluding carboxylic acids is 3. The van der Waals surface area contributed by atoms with Crippen LogP contribution in [-0.4, -0.2) is 35.4 Å². The van der Waals surface area contributed by atoms with E-state index in [1.807, 2.05) is 90.5 Å². The van der Waals surface area contributed by atoms with Crippen LogP contribution in [0.15, 0.2) is 78.9 Å². The molecule has 0 bridgehead atoms. The number of halogens is 1. The standard InChI is InChI=1S/C28H21ClN2O4S/c1-31-20-13-7-5-11-18(20)24(26(31)17-9-3-2-4-10-17)21(32)16-35-23(33)15-30-28(34)27-25(29)19-12-6-8-14-22(19)36-27/h2-14H,15-16H2,1H3,(H,30,34). The number of aryl methyl sites for hydroxylation is 1. The summed E-state index contributed by atoms with van der Waals surface area (Å²) >= 11 is 7.59. The van der Waals surface area contributed by atoms with Crippen LogP contribution in [-0.2, 0) is 16.6 Å². The summed E-state index contributed by atoms with van der Waals surface area (Å²) in [6, 6.07) is 24.6. The van der Waals surface area contributed by atoms with Crippen LogP contribution in [0.3, 0.4) is 0 Å². The van der Waals surface area contributed by atoms with E-state index in [0.29, 0.717) is 15.5 Å². The number of ketones is 1. The monoisotopic (exact) mass is 516 g/mol. The maximum Gasteiger partial charge on any atom is 0.325 e. The Hall–Kier alpha value is -3.94. The first kappa shape index (κ1) is 23.8. The first-order valence-electron chi connectivity index (χ1n) is 11.2. The SMILES string of the molecule is Cn1c(-c2ccccc2)c(C(=O)COC(=O)CNC(=O)c2sc3ccccc3c2Cl)c2ccccc21. The number of esters is 1. The van der Waals surface area contributed by atoms with E-state index >= 15 is 0 Å². The summed E-state index contributed by atoms with van der Waals surface area (Å²) in [5.74, 6) is -1.50. The number of nitrogens with one attached hydrogen (secondary N) is 1. The minimum Gasteiger partial charge on any atom is -0.456 e. The minimum atomic E-state index is -0.713. The number of nitrogens with zero attached hydrogens (tertiary/aromatic N) is 1. The van der Waals surface area contributed by atoms with Crippen LogP contribution in [0.1, 0.15) is 20.0 Å². The molecule has 0 fully saturated rings. The van der Waals surface area contributed by atoms with Crippen molar-refractivity contribution in [3.8, 4) is 11.3 Å². The van der Waals surface area contributed by atoms with E-state index in [-0.39, 0.29) is 12.3 Å². The van der Waals surface area contributed by atoms with Crippen molar-refractivity contribution in [2.75, 3.05) is 13.2 Å². The lowest BCUT2D eigenvalue weighted by Crippen LogP contribution is -2.31. The molecule has 5 aromatic rings. The Balaban J connectivity index is 1.29.